The van der Waals surface area contributed by atoms with Crippen LogP contribution >= 0.6 is 11.3 Å². The van der Waals surface area contributed by atoms with Crippen molar-refractivity contribution in [2.45, 2.75) is 51.0 Å². The Bertz CT molecular complexity index is 498. The predicted octanol–water partition coefficient (Wildman–Crippen LogP) is 3.08. The highest BCUT2D eigenvalue weighted by Crippen LogP contribution is 2.40. The van der Waals surface area contributed by atoms with E-state index in [0.29, 0.717) is 6.54 Å². The van der Waals surface area contributed by atoms with Gasteiger partial charge in [-0.3, -0.25) is 4.79 Å². The van der Waals surface area contributed by atoms with Crippen LogP contribution in [0.4, 0.5) is 0 Å². The zero-order valence-corrected chi connectivity index (χ0v) is 12.9. The van der Waals surface area contributed by atoms with E-state index in [2.05, 4.69) is 13.0 Å². The summed E-state index contributed by atoms with van der Waals surface area (Å²) < 4.78 is 0. The van der Waals surface area contributed by atoms with Crippen molar-refractivity contribution in [3.8, 4) is 0 Å². The summed E-state index contributed by atoms with van der Waals surface area (Å²) in [6, 6.07) is 4.01. The molecule has 2 aliphatic rings. The van der Waals surface area contributed by atoms with Crippen LogP contribution in [0.3, 0.4) is 0 Å². The number of amides is 1. The van der Waals surface area contributed by atoms with Gasteiger partial charge in [0, 0.05) is 23.9 Å². The molecule has 1 aromatic rings. The van der Waals surface area contributed by atoms with E-state index in [1.165, 1.54) is 11.3 Å². The summed E-state index contributed by atoms with van der Waals surface area (Å²) in [5.74, 6) is 0.432. The topological polar surface area (TPSA) is 40.5 Å². The molecular weight excluding hydrogens is 270 g/mol. The Morgan fingerprint density at radius 2 is 2.30 bits per heavy atom. The fourth-order valence-corrected chi connectivity index (χ4v) is 4.51. The van der Waals surface area contributed by atoms with Gasteiger partial charge in [-0.15, -0.1) is 11.3 Å². The van der Waals surface area contributed by atoms with Crippen LogP contribution in [0.2, 0.25) is 0 Å². The van der Waals surface area contributed by atoms with Crippen LogP contribution in [-0.4, -0.2) is 34.6 Å². The second-order valence-corrected chi connectivity index (χ2v) is 7.34. The van der Waals surface area contributed by atoms with E-state index < -0.39 is 5.60 Å². The summed E-state index contributed by atoms with van der Waals surface area (Å²) in [5, 5.41) is 10.7. The monoisotopic (exact) mass is 293 g/mol. The lowest BCUT2D eigenvalue weighted by molar-refractivity contribution is -0.0885. The van der Waals surface area contributed by atoms with Crippen LogP contribution in [0, 0.1) is 5.92 Å². The highest BCUT2D eigenvalue weighted by molar-refractivity contribution is 7.14. The number of rotatable bonds is 2. The maximum absolute atomic E-state index is 12.6. The highest BCUT2D eigenvalue weighted by atomic mass is 32.1. The molecule has 2 atom stereocenters. The third kappa shape index (κ3) is 2.51. The maximum Gasteiger partial charge on any atom is 0.263 e. The smallest absolute Gasteiger partial charge is 0.263 e. The van der Waals surface area contributed by atoms with Gasteiger partial charge in [0.1, 0.15) is 0 Å². The van der Waals surface area contributed by atoms with Crippen LogP contribution in [0.25, 0.3) is 0 Å². The zero-order valence-electron chi connectivity index (χ0n) is 12.1. The molecule has 0 bridgehead atoms. The molecule has 1 aliphatic heterocycles. The van der Waals surface area contributed by atoms with Crippen molar-refractivity contribution in [2.24, 2.45) is 5.92 Å². The van der Waals surface area contributed by atoms with Gasteiger partial charge in [0.25, 0.3) is 5.91 Å². The molecule has 1 saturated heterocycles. The van der Waals surface area contributed by atoms with E-state index in [-0.39, 0.29) is 11.8 Å². The second-order valence-electron chi connectivity index (χ2n) is 6.17. The number of carbonyl (C=O) groups is 1. The predicted molar refractivity (Wildman–Crippen MR) is 81.1 cm³/mol. The summed E-state index contributed by atoms with van der Waals surface area (Å²) in [5.41, 5.74) is -0.501. The fraction of sp³-hybridized carbons (Fsp3) is 0.688. The number of hydrogen-bond donors (Lipinski definition) is 1. The maximum atomic E-state index is 12.6. The molecule has 0 radical (unpaired) electrons. The summed E-state index contributed by atoms with van der Waals surface area (Å²) in [6.07, 6.45) is 6.03. The Kier molecular flexibility index (Phi) is 3.87. The van der Waals surface area contributed by atoms with E-state index >= 15 is 0 Å². The molecule has 0 spiro atoms. The molecule has 3 nitrogen and oxygen atoms in total. The normalized spacial score (nSPS) is 30.1. The Morgan fingerprint density at radius 3 is 3.05 bits per heavy atom. The minimum Gasteiger partial charge on any atom is -0.389 e. The first-order chi connectivity index (χ1) is 9.62. The molecule has 1 aliphatic carbocycles. The minimum atomic E-state index is -0.501. The molecule has 2 heterocycles. The Hall–Kier alpha value is -0.870. The molecule has 1 N–H and O–H groups in total. The SMILES string of the molecule is CCc1ccc(C(=O)N2CCC3(O)CCCCC3C2)s1. The third-order valence-corrected chi connectivity index (χ3v) is 6.15. The van der Waals surface area contributed by atoms with Gasteiger partial charge in [-0.05, 0) is 37.8 Å². The van der Waals surface area contributed by atoms with Gasteiger partial charge in [0.2, 0.25) is 0 Å². The van der Waals surface area contributed by atoms with Crippen molar-refractivity contribution in [1.82, 2.24) is 4.90 Å². The molecule has 1 saturated carbocycles. The number of fused-ring (bicyclic) bond motifs is 1. The van der Waals surface area contributed by atoms with E-state index in [0.717, 1.165) is 43.5 Å². The Labute approximate surface area is 124 Å². The standard InChI is InChI=1S/C16H23NO2S/c1-2-13-6-7-14(20-13)15(18)17-10-9-16(19)8-4-3-5-12(16)11-17/h6-7,12,19H,2-5,8-11H2,1H3. The number of piperidine rings is 1. The van der Waals surface area contributed by atoms with E-state index in [4.69, 9.17) is 0 Å². The van der Waals surface area contributed by atoms with Crippen molar-refractivity contribution < 1.29 is 9.90 Å². The first-order valence-electron chi connectivity index (χ1n) is 7.73. The van der Waals surface area contributed by atoms with Gasteiger partial charge in [0.15, 0.2) is 0 Å². The lowest BCUT2D eigenvalue weighted by Gasteiger charge is -2.47. The molecule has 1 amide bonds. The van der Waals surface area contributed by atoms with Crippen molar-refractivity contribution >= 4 is 17.2 Å². The number of carbonyl (C=O) groups excluding carboxylic acids is 1. The molecule has 2 fully saturated rings. The average Bonchev–Trinajstić information content (AvgIpc) is 2.94. The lowest BCUT2D eigenvalue weighted by atomic mass is 9.71. The molecule has 20 heavy (non-hydrogen) atoms. The summed E-state index contributed by atoms with van der Waals surface area (Å²) >= 11 is 1.61. The van der Waals surface area contributed by atoms with Crippen LogP contribution in [0.5, 0.6) is 0 Å². The minimum absolute atomic E-state index is 0.155. The third-order valence-electron chi connectivity index (χ3n) is 4.94. The molecule has 2 unspecified atom stereocenters. The number of thiophene rings is 1. The number of hydrogen-bond acceptors (Lipinski definition) is 3. The van der Waals surface area contributed by atoms with Crippen LogP contribution in [0.1, 0.15) is 53.6 Å². The van der Waals surface area contributed by atoms with Gasteiger partial charge < -0.3 is 10.0 Å². The van der Waals surface area contributed by atoms with Crippen LogP contribution in [0.15, 0.2) is 12.1 Å². The van der Waals surface area contributed by atoms with Crippen molar-refractivity contribution in [3.63, 3.8) is 0 Å². The molecular formula is C16H23NO2S. The van der Waals surface area contributed by atoms with Gasteiger partial charge >= 0.3 is 0 Å². The first-order valence-corrected chi connectivity index (χ1v) is 8.54. The average molecular weight is 293 g/mol. The van der Waals surface area contributed by atoms with Crippen LogP contribution in [-0.2, 0) is 6.42 Å². The van der Waals surface area contributed by atoms with E-state index in [1.54, 1.807) is 11.3 Å². The first kappa shape index (κ1) is 14.1. The summed E-state index contributed by atoms with van der Waals surface area (Å²) in [4.78, 5) is 16.6. The van der Waals surface area contributed by atoms with E-state index in [1.807, 2.05) is 11.0 Å². The van der Waals surface area contributed by atoms with Crippen LogP contribution < -0.4 is 0 Å². The summed E-state index contributed by atoms with van der Waals surface area (Å²) in [7, 11) is 0. The van der Waals surface area contributed by atoms with Gasteiger partial charge in [0.05, 0.1) is 10.5 Å². The highest BCUT2D eigenvalue weighted by Gasteiger charge is 2.43. The van der Waals surface area contributed by atoms with Gasteiger partial charge in [-0.25, -0.2) is 0 Å². The molecule has 0 aromatic carbocycles. The molecule has 3 rings (SSSR count). The zero-order chi connectivity index (χ0) is 14.2. The van der Waals surface area contributed by atoms with Crippen molar-refractivity contribution in [2.75, 3.05) is 13.1 Å². The number of likely N-dealkylation sites (tertiary alicyclic amines) is 1. The van der Waals surface area contributed by atoms with Gasteiger partial charge in [-0.2, -0.15) is 0 Å². The van der Waals surface area contributed by atoms with E-state index in [9.17, 15) is 9.90 Å². The van der Waals surface area contributed by atoms with Crippen molar-refractivity contribution in [1.29, 1.82) is 0 Å². The Morgan fingerprint density at radius 1 is 1.45 bits per heavy atom. The second kappa shape index (κ2) is 5.49. The fourth-order valence-electron chi connectivity index (χ4n) is 3.59. The molecule has 1 aromatic heterocycles. The van der Waals surface area contributed by atoms with Crippen molar-refractivity contribution in [3.05, 3.63) is 21.9 Å². The summed E-state index contributed by atoms with van der Waals surface area (Å²) in [6.45, 7) is 3.54. The molecule has 110 valence electrons. The number of aliphatic hydroxyl groups is 1. The largest absolute Gasteiger partial charge is 0.389 e. The lowest BCUT2D eigenvalue weighted by Crippen LogP contribution is -2.54. The quantitative estimate of drug-likeness (QED) is 0.910. The molecule has 4 heteroatoms. The number of aryl methyl sites for hydroxylation is 1. The Balaban J connectivity index is 1.71. The number of nitrogens with zero attached hydrogens (tertiary/aromatic N) is 1. The van der Waals surface area contributed by atoms with Gasteiger partial charge in [-0.1, -0.05) is 19.8 Å².